The fourth-order valence-corrected chi connectivity index (χ4v) is 4.28. The number of nitriles is 1. The maximum Gasteiger partial charge on any atom is 0.314 e. The number of benzene rings is 3. The van der Waals surface area contributed by atoms with Crippen LogP contribution in [0.5, 0.6) is 0 Å². The number of nitrogens with zero attached hydrogens (tertiary/aromatic N) is 4. The van der Waals surface area contributed by atoms with E-state index in [1.54, 1.807) is 65.6 Å². The lowest BCUT2D eigenvalue weighted by atomic mass is 9.93. The topological polar surface area (TPSA) is 103 Å². The number of fused-ring (bicyclic) bond motifs is 1. The molecule has 2 unspecified atom stereocenters. The normalized spacial score (nSPS) is 14.6. The van der Waals surface area contributed by atoms with Crippen LogP contribution in [0.15, 0.2) is 77.2 Å². The predicted octanol–water partition coefficient (Wildman–Crippen LogP) is 4.98. The number of aliphatic hydroxyl groups is 1. The zero-order valence-electron chi connectivity index (χ0n) is 18.2. The number of carbonyl (C=O) groups excluding carboxylic acids is 1. The van der Waals surface area contributed by atoms with Gasteiger partial charge in [-0.1, -0.05) is 48.5 Å². The zero-order chi connectivity index (χ0) is 24.5. The molecule has 2 atom stereocenters. The first-order chi connectivity index (χ1) is 17.0. The summed E-state index contributed by atoms with van der Waals surface area (Å²) in [4.78, 5) is 15.1. The van der Waals surface area contributed by atoms with E-state index in [1.165, 1.54) is 6.07 Å². The van der Waals surface area contributed by atoms with Crippen molar-refractivity contribution in [1.29, 1.82) is 5.26 Å². The van der Waals surface area contributed by atoms with E-state index in [2.05, 4.69) is 16.3 Å². The molecule has 1 N–H and O–H groups in total. The van der Waals surface area contributed by atoms with Gasteiger partial charge in [-0.2, -0.15) is 14.0 Å². The maximum atomic E-state index is 13.6. The van der Waals surface area contributed by atoms with Crippen molar-refractivity contribution in [2.75, 3.05) is 0 Å². The van der Waals surface area contributed by atoms with Crippen LogP contribution in [0.4, 0.5) is 8.78 Å². The molecule has 0 aliphatic carbocycles. The van der Waals surface area contributed by atoms with Crippen molar-refractivity contribution in [2.45, 2.75) is 25.1 Å². The number of carbonyl (C=O) groups is 1. The molecule has 0 radical (unpaired) electrons. The van der Waals surface area contributed by atoms with Crippen LogP contribution in [0, 0.1) is 11.3 Å². The monoisotopic (exact) mass is 472 g/mol. The molecule has 0 saturated carbocycles. The molecule has 0 saturated heterocycles. The third kappa shape index (κ3) is 4.16. The van der Waals surface area contributed by atoms with Gasteiger partial charge in [-0.15, -0.1) is 10.2 Å². The van der Waals surface area contributed by atoms with E-state index in [9.17, 15) is 23.9 Å². The van der Waals surface area contributed by atoms with Gasteiger partial charge in [-0.05, 0) is 41.0 Å². The average Bonchev–Trinajstić information content (AvgIpc) is 3.50. The summed E-state index contributed by atoms with van der Waals surface area (Å²) in [6.45, 7) is 0.214. The lowest BCUT2D eigenvalue weighted by Crippen LogP contribution is -2.33. The lowest BCUT2D eigenvalue weighted by Gasteiger charge is -2.32. The molecule has 0 bridgehead atoms. The Balaban J connectivity index is 1.53. The number of aliphatic hydroxyl groups excluding tert-OH is 1. The number of amides is 1. The van der Waals surface area contributed by atoms with Gasteiger partial charge in [0.2, 0.25) is 5.89 Å². The Labute approximate surface area is 198 Å². The molecule has 5 rings (SSSR count). The minimum atomic E-state index is -2.90. The molecule has 1 aromatic heterocycles. The average molecular weight is 472 g/mol. The van der Waals surface area contributed by atoms with Crippen LogP contribution >= 0.6 is 0 Å². The minimum Gasteiger partial charge on any atom is -0.415 e. The van der Waals surface area contributed by atoms with Gasteiger partial charge in [0.25, 0.3) is 11.8 Å². The molecule has 3 aromatic carbocycles. The Morgan fingerprint density at radius 3 is 2.49 bits per heavy atom. The van der Waals surface area contributed by atoms with Crippen LogP contribution in [0.3, 0.4) is 0 Å². The van der Waals surface area contributed by atoms with E-state index in [4.69, 9.17) is 4.42 Å². The van der Waals surface area contributed by atoms with Crippen molar-refractivity contribution < 1.29 is 23.1 Å². The summed E-state index contributed by atoms with van der Waals surface area (Å²) in [7, 11) is 0. The number of aromatic nitrogens is 2. The highest BCUT2D eigenvalue weighted by molar-refractivity contribution is 5.99. The summed E-state index contributed by atoms with van der Waals surface area (Å²) >= 11 is 0. The van der Waals surface area contributed by atoms with Crippen LogP contribution in [0.25, 0.3) is 11.5 Å². The molecule has 0 spiro atoms. The Morgan fingerprint density at radius 2 is 1.77 bits per heavy atom. The van der Waals surface area contributed by atoms with Crippen molar-refractivity contribution in [3.63, 3.8) is 0 Å². The molecule has 2 heterocycles. The zero-order valence-corrected chi connectivity index (χ0v) is 18.2. The first-order valence-electron chi connectivity index (χ1n) is 10.7. The van der Waals surface area contributed by atoms with Crippen LogP contribution in [0.2, 0.25) is 0 Å². The highest BCUT2D eigenvalue weighted by Gasteiger charge is 2.38. The van der Waals surface area contributed by atoms with E-state index in [-0.39, 0.29) is 18.3 Å². The molecular weight excluding hydrogens is 454 g/mol. The second-order valence-corrected chi connectivity index (χ2v) is 8.09. The van der Waals surface area contributed by atoms with Gasteiger partial charge in [-0.25, -0.2) is 0 Å². The summed E-state index contributed by atoms with van der Waals surface area (Å²) < 4.78 is 30.7. The molecule has 35 heavy (non-hydrogen) atoms. The number of hydrogen-bond donors (Lipinski definition) is 1. The van der Waals surface area contributed by atoms with Gasteiger partial charge in [0, 0.05) is 17.7 Å². The van der Waals surface area contributed by atoms with Gasteiger partial charge in [0.1, 0.15) is 6.10 Å². The molecule has 7 nitrogen and oxygen atoms in total. The van der Waals surface area contributed by atoms with Gasteiger partial charge in [0.15, 0.2) is 0 Å². The summed E-state index contributed by atoms with van der Waals surface area (Å²) in [5.74, 6) is -1.26. The van der Waals surface area contributed by atoms with Gasteiger partial charge in [0.05, 0.1) is 17.7 Å². The molecule has 174 valence electrons. The lowest BCUT2D eigenvalue weighted by molar-refractivity contribution is 0.0360. The van der Waals surface area contributed by atoms with Crippen molar-refractivity contribution in [1.82, 2.24) is 15.1 Å². The Kier molecular flexibility index (Phi) is 5.81. The van der Waals surface area contributed by atoms with E-state index in [1.807, 2.05) is 6.07 Å². The number of halogens is 2. The van der Waals surface area contributed by atoms with Crippen molar-refractivity contribution in [3.8, 4) is 17.5 Å². The molecular formula is C26H18F2N4O3. The van der Waals surface area contributed by atoms with Crippen molar-refractivity contribution in [2.24, 2.45) is 0 Å². The second kappa shape index (κ2) is 9.08. The first kappa shape index (κ1) is 22.4. The minimum absolute atomic E-state index is 0.114. The van der Waals surface area contributed by atoms with Crippen LogP contribution < -0.4 is 0 Å². The summed E-state index contributed by atoms with van der Waals surface area (Å²) in [6.07, 6.45) is -3.96. The second-order valence-electron chi connectivity index (χ2n) is 8.09. The van der Waals surface area contributed by atoms with Gasteiger partial charge >= 0.3 is 6.43 Å². The number of rotatable bonds is 6. The van der Waals surface area contributed by atoms with Crippen LogP contribution in [-0.4, -0.2) is 26.1 Å². The molecule has 1 amide bonds. The van der Waals surface area contributed by atoms with E-state index in [0.717, 1.165) is 0 Å². The summed E-state index contributed by atoms with van der Waals surface area (Å²) in [5.41, 5.74) is 3.03. The van der Waals surface area contributed by atoms with Crippen LogP contribution in [0.1, 0.15) is 57.1 Å². The van der Waals surface area contributed by atoms with E-state index < -0.39 is 24.5 Å². The third-order valence-corrected chi connectivity index (χ3v) is 5.95. The fraction of sp³-hybridized carbons (Fsp3) is 0.154. The Hall–Kier alpha value is -4.42. The van der Waals surface area contributed by atoms with Crippen LogP contribution in [-0.2, 0) is 6.54 Å². The smallest absolute Gasteiger partial charge is 0.314 e. The quantitative estimate of drug-likeness (QED) is 0.425. The highest BCUT2D eigenvalue weighted by atomic mass is 19.3. The summed E-state index contributed by atoms with van der Waals surface area (Å²) in [6, 6.07) is 21.9. The van der Waals surface area contributed by atoms with E-state index in [0.29, 0.717) is 33.4 Å². The van der Waals surface area contributed by atoms with Gasteiger partial charge < -0.3 is 14.4 Å². The molecule has 9 heteroatoms. The molecule has 4 aromatic rings. The highest BCUT2D eigenvalue weighted by Crippen LogP contribution is 2.40. The molecule has 0 fully saturated rings. The first-order valence-corrected chi connectivity index (χ1v) is 10.7. The largest absolute Gasteiger partial charge is 0.415 e. The summed E-state index contributed by atoms with van der Waals surface area (Å²) in [5, 5.41) is 27.7. The fourth-order valence-electron chi connectivity index (χ4n) is 4.28. The Morgan fingerprint density at radius 1 is 1.00 bits per heavy atom. The number of hydrogen-bond acceptors (Lipinski definition) is 6. The molecule has 1 aliphatic heterocycles. The molecule has 1 aliphatic rings. The van der Waals surface area contributed by atoms with E-state index >= 15 is 0 Å². The van der Waals surface area contributed by atoms with Crippen molar-refractivity contribution >= 4 is 5.91 Å². The third-order valence-electron chi connectivity index (χ3n) is 5.95. The van der Waals surface area contributed by atoms with Crippen molar-refractivity contribution in [3.05, 3.63) is 107 Å². The standard InChI is InChI=1S/C26H18F2N4O3/c27-23(28)25-31-30-24(35-25)18-9-10-19-14-32(26(34)20(19)12-18)21(17-8-4-5-15(11-17)13-29)22(33)16-6-2-1-3-7-16/h1-12,21-23,33H,14H2. The van der Waals surface area contributed by atoms with Gasteiger partial charge in [-0.3, -0.25) is 4.79 Å². The predicted molar refractivity (Wildman–Crippen MR) is 120 cm³/mol. The maximum absolute atomic E-state index is 13.6. The SMILES string of the molecule is N#Cc1cccc(C(C(O)c2ccccc2)N2Cc3ccc(-c4nnc(C(F)F)o4)cc3C2=O)c1. The number of alkyl halides is 2. The Bertz CT molecular complexity index is 1430.